The quantitative estimate of drug-likeness (QED) is 0.409. The molecule has 1 aliphatic heterocycles. The number of hydrogen-bond acceptors (Lipinski definition) is 5. The number of ether oxygens (including phenoxy) is 2. The Morgan fingerprint density at radius 2 is 2.21 bits per heavy atom. The summed E-state index contributed by atoms with van der Waals surface area (Å²) in [5, 5.41) is 20.0. The van der Waals surface area contributed by atoms with Crippen LogP contribution in [-0.2, 0) is 0 Å². The Balaban J connectivity index is 2.43. The zero-order valence-electron chi connectivity index (χ0n) is 7.10. The SMILES string of the molecule is N#C/C(=N/O)c1ccc2c(c1)OCO2. The van der Waals surface area contributed by atoms with Gasteiger partial charge in [0.15, 0.2) is 17.2 Å². The van der Waals surface area contributed by atoms with E-state index >= 15 is 0 Å². The second kappa shape index (κ2) is 3.26. The highest BCUT2D eigenvalue weighted by molar-refractivity contribution is 6.11. The Morgan fingerprint density at radius 3 is 2.93 bits per heavy atom. The van der Waals surface area contributed by atoms with Crippen molar-refractivity contribution in [3.05, 3.63) is 23.8 Å². The van der Waals surface area contributed by atoms with Gasteiger partial charge in [-0.1, -0.05) is 5.16 Å². The minimum atomic E-state index is -0.0525. The fourth-order valence-corrected chi connectivity index (χ4v) is 1.19. The van der Waals surface area contributed by atoms with Crippen LogP contribution in [0.25, 0.3) is 0 Å². The first-order chi connectivity index (χ1) is 6.85. The topological polar surface area (TPSA) is 74.8 Å². The Labute approximate surface area is 79.8 Å². The summed E-state index contributed by atoms with van der Waals surface area (Å²) < 4.78 is 10.2. The van der Waals surface area contributed by atoms with Gasteiger partial charge in [0.25, 0.3) is 0 Å². The third-order valence-electron chi connectivity index (χ3n) is 1.85. The van der Waals surface area contributed by atoms with Gasteiger partial charge in [0, 0.05) is 5.56 Å². The molecule has 0 unspecified atom stereocenters. The molecular formula is C9H6N2O3. The number of oxime groups is 1. The molecule has 1 heterocycles. The van der Waals surface area contributed by atoms with Crippen LogP contribution in [0.5, 0.6) is 11.5 Å². The molecule has 1 aromatic carbocycles. The number of nitriles is 1. The lowest BCUT2D eigenvalue weighted by molar-refractivity contribution is 0.174. The number of rotatable bonds is 1. The van der Waals surface area contributed by atoms with E-state index in [2.05, 4.69) is 5.16 Å². The molecular weight excluding hydrogens is 184 g/mol. The molecule has 0 fully saturated rings. The van der Waals surface area contributed by atoms with Crippen LogP contribution in [0, 0.1) is 11.3 Å². The lowest BCUT2D eigenvalue weighted by Gasteiger charge is -1.98. The first kappa shape index (κ1) is 8.38. The normalized spacial score (nSPS) is 13.8. The van der Waals surface area contributed by atoms with Gasteiger partial charge in [0.1, 0.15) is 6.07 Å². The average molecular weight is 190 g/mol. The molecule has 5 nitrogen and oxygen atoms in total. The van der Waals surface area contributed by atoms with Crippen LogP contribution in [0.2, 0.25) is 0 Å². The van der Waals surface area contributed by atoms with E-state index < -0.39 is 0 Å². The molecule has 0 atom stereocenters. The molecule has 0 saturated heterocycles. The van der Waals surface area contributed by atoms with Crippen molar-refractivity contribution in [2.45, 2.75) is 0 Å². The lowest BCUT2D eigenvalue weighted by atomic mass is 10.1. The van der Waals surface area contributed by atoms with Crippen molar-refractivity contribution in [2.24, 2.45) is 5.16 Å². The molecule has 0 spiro atoms. The lowest BCUT2D eigenvalue weighted by Crippen LogP contribution is -1.96. The van der Waals surface area contributed by atoms with Gasteiger partial charge in [-0.25, -0.2) is 0 Å². The minimum Gasteiger partial charge on any atom is -0.454 e. The van der Waals surface area contributed by atoms with Crippen LogP contribution in [0.3, 0.4) is 0 Å². The highest BCUT2D eigenvalue weighted by atomic mass is 16.7. The van der Waals surface area contributed by atoms with Gasteiger partial charge in [-0.2, -0.15) is 5.26 Å². The maximum atomic E-state index is 8.62. The zero-order chi connectivity index (χ0) is 9.97. The van der Waals surface area contributed by atoms with Gasteiger partial charge in [0.05, 0.1) is 0 Å². The maximum Gasteiger partial charge on any atom is 0.231 e. The van der Waals surface area contributed by atoms with E-state index in [4.69, 9.17) is 19.9 Å². The largest absolute Gasteiger partial charge is 0.454 e. The van der Waals surface area contributed by atoms with Crippen molar-refractivity contribution >= 4 is 5.71 Å². The van der Waals surface area contributed by atoms with Crippen molar-refractivity contribution < 1.29 is 14.7 Å². The number of benzene rings is 1. The average Bonchev–Trinajstić information content (AvgIpc) is 2.66. The Hall–Kier alpha value is -2.22. The first-order valence-electron chi connectivity index (χ1n) is 3.87. The van der Waals surface area contributed by atoms with E-state index in [1.54, 1.807) is 24.3 Å². The number of nitrogens with zero attached hydrogens (tertiary/aromatic N) is 2. The molecule has 0 radical (unpaired) electrons. The van der Waals surface area contributed by atoms with Crippen LogP contribution < -0.4 is 9.47 Å². The van der Waals surface area contributed by atoms with Crippen LogP contribution in [0.1, 0.15) is 5.56 Å². The molecule has 70 valence electrons. The van der Waals surface area contributed by atoms with Crippen molar-refractivity contribution in [2.75, 3.05) is 6.79 Å². The van der Waals surface area contributed by atoms with Gasteiger partial charge in [-0.15, -0.1) is 0 Å². The van der Waals surface area contributed by atoms with E-state index in [1.165, 1.54) is 0 Å². The van der Waals surface area contributed by atoms with E-state index in [9.17, 15) is 0 Å². The second-order valence-electron chi connectivity index (χ2n) is 2.63. The standard InChI is InChI=1S/C9H6N2O3/c10-4-7(11-12)6-1-2-8-9(3-6)14-5-13-8/h1-3,12H,5H2/b11-7-. The Kier molecular flexibility index (Phi) is 1.95. The third-order valence-corrected chi connectivity index (χ3v) is 1.85. The Morgan fingerprint density at radius 1 is 1.43 bits per heavy atom. The molecule has 14 heavy (non-hydrogen) atoms. The van der Waals surface area contributed by atoms with Gasteiger partial charge in [-0.05, 0) is 18.2 Å². The third kappa shape index (κ3) is 1.23. The highest BCUT2D eigenvalue weighted by Gasteiger charge is 2.15. The summed E-state index contributed by atoms with van der Waals surface area (Å²) in [4.78, 5) is 0. The van der Waals surface area contributed by atoms with Gasteiger partial charge >= 0.3 is 0 Å². The molecule has 0 aliphatic carbocycles. The molecule has 5 heteroatoms. The molecule has 1 aromatic rings. The molecule has 1 N–H and O–H groups in total. The predicted octanol–water partition coefficient (Wildman–Crippen LogP) is 1.12. The molecule has 0 bridgehead atoms. The predicted molar refractivity (Wildman–Crippen MR) is 46.5 cm³/mol. The molecule has 0 amide bonds. The Bertz CT molecular complexity index is 434. The fraction of sp³-hybridized carbons (Fsp3) is 0.111. The maximum absolute atomic E-state index is 8.62. The highest BCUT2D eigenvalue weighted by Crippen LogP contribution is 2.32. The number of fused-ring (bicyclic) bond motifs is 1. The second-order valence-corrected chi connectivity index (χ2v) is 2.63. The summed E-state index contributed by atoms with van der Waals surface area (Å²) in [5.41, 5.74) is 0.447. The van der Waals surface area contributed by atoms with Gasteiger partial charge in [-0.3, -0.25) is 0 Å². The summed E-state index contributed by atoms with van der Waals surface area (Å²) in [6.45, 7) is 0.178. The smallest absolute Gasteiger partial charge is 0.231 e. The van der Waals surface area contributed by atoms with Crippen LogP contribution >= 0.6 is 0 Å². The first-order valence-corrected chi connectivity index (χ1v) is 3.87. The molecule has 2 rings (SSSR count). The minimum absolute atomic E-state index is 0.0525. The van der Waals surface area contributed by atoms with Crippen LogP contribution in [0.4, 0.5) is 0 Å². The van der Waals surface area contributed by atoms with Crippen molar-refractivity contribution in [3.63, 3.8) is 0 Å². The van der Waals surface area contributed by atoms with Gasteiger partial charge in [0.2, 0.25) is 6.79 Å². The van der Waals surface area contributed by atoms with E-state index in [-0.39, 0.29) is 12.5 Å². The fourth-order valence-electron chi connectivity index (χ4n) is 1.19. The summed E-state index contributed by atoms with van der Waals surface area (Å²) in [5.74, 6) is 1.18. The summed E-state index contributed by atoms with van der Waals surface area (Å²) in [6.07, 6.45) is 0. The van der Waals surface area contributed by atoms with Crippen molar-refractivity contribution in [1.82, 2.24) is 0 Å². The summed E-state index contributed by atoms with van der Waals surface area (Å²) in [6, 6.07) is 6.66. The van der Waals surface area contributed by atoms with E-state index in [0.717, 1.165) is 0 Å². The molecule has 0 saturated carbocycles. The summed E-state index contributed by atoms with van der Waals surface area (Å²) >= 11 is 0. The zero-order valence-corrected chi connectivity index (χ0v) is 7.10. The van der Waals surface area contributed by atoms with Gasteiger partial charge < -0.3 is 14.7 Å². The van der Waals surface area contributed by atoms with Crippen molar-refractivity contribution in [3.8, 4) is 17.6 Å². The number of hydrogen-bond donors (Lipinski definition) is 1. The molecule has 0 aromatic heterocycles. The monoisotopic (exact) mass is 190 g/mol. The summed E-state index contributed by atoms with van der Waals surface area (Å²) in [7, 11) is 0. The van der Waals surface area contributed by atoms with Crippen molar-refractivity contribution in [1.29, 1.82) is 5.26 Å². The van der Waals surface area contributed by atoms with E-state index in [1.807, 2.05) is 0 Å². The van der Waals surface area contributed by atoms with Crippen LogP contribution in [-0.4, -0.2) is 17.7 Å². The molecule has 1 aliphatic rings. The van der Waals surface area contributed by atoms with E-state index in [0.29, 0.717) is 17.1 Å². The van der Waals surface area contributed by atoms with Crippen LogP contribution in [0.15, 0.2) is 23.4 Å².